The Balaban J connectivity index is 2.62. The standard InChI is InChI=1S/C16H18N2O4/c1-3-8-18-16(21)11(10-15(19)20)9-13(17-18)12-6-4-5-7-14(12)22-2/h4-7,9H,3,8,10H2,1-2H3,(H,19,20). The van der Waals surface area contributed by atoms with E-state index in [1.807, 2.05) is 25.1 Å². The van der Waals surface area contributed by atoms with Crippen LogP contribution in [0.2, 0.25) is 0 Å². The van der Waals surface area contributed by atoms with Crippen molar-refractivity contribution in [2.75, 3.05) is 7.11 Å². The SMILES string of the molecule is CCCn1nc(-c2ccccc2OC)cc(CC(=O)O)c1=O. The van der Waals surface area contributed by atoms with Gasteiger partial charge < -0.3 is 9.84 Å². The smallest absolute Gasteiger partial charge is 0.308 e. The molecule has 0 atom stereocenters. The molecule has 0 amide bonds. The van der Waals surface area contributed by atoms with Crippen molar-refractivity contribution in [3.63, 3.8) is 0 Å². The van der Waals surface area contributed by atoms with Crippen molar-refractivity contribution < 1.29 is 14.6 Å². The molecule has 2 rings (SSSR count). The van der Waals surface area contributed by atoms with Crippen molar-refractivity contribution in [1.82, 2.24) is 9.78 Å². The summed E-state index contributed by atoms with van der Waals surface area (Å²) in [5.41, 5.74) is 1.11. The highest BCUT2D eigenvalue weighted by atomic mass is 16.5. The van der Waals surface area contributed by atoms with Crippen LogP contribution in [0.3, 0.4) is 0 Å². The van der Waals surface area contributed by atoms with E-state index in [1.54, 1.807) is 13.2 Å². The lowest BCUT2D eigenvalue weighted by atomic mass is 10.1. The molecule has 0 aliphatic heterocycles. The summed E-state index contributed by atoms with van der Waals surface area (Å²) >= 11 is 0. The summed E-state index contributed by atoms with van der Waals surface area (Å²) in [6.45, 7) is 2.37. The molecule has 2 aromatic rings. The Morgan fingerprint density at radius 2 is 2.09 bits per heavy atom. The molecule has 1 heterocycles. The number of methoxy groups -OCH3 is 1. The fraction of sp³-hybridized carbons (Fsp3) is 0.312. The minimum Gasteiger partial charge on any atom is -0.496 e. The summed E-state index contributed by atoms with van der Waals surface area (Å²) in [5.74, 6) is -0.421. The predicted octanol–water partition coefficient (Wildman–Crippen LogP) is 1.96. The summed E-state index contributed by atoms with van der Waals surface area (Å²) < 4.78 is 6.63. The van der Waals surface area contributed by atoms with E-state index in [-0.39, 0.29) is 17.5 Å². The van der Waals surface area contributed by atoms with Crippen molar-refractivity contribution >= 4 is 5.97 Å². The number of hydrogen-bond donors (Lipinski definition) is 1. The van der Waals surface area contributed by atoms with E-state index < -0.39 is 5.97 Å². The van der Waals surface area contributed by atoms with Gasteiger partial charge in [0.05, 0.1) is 19.2 Å². The number of carboxylic acids is 1. The predicted molar refractivity (Wildman–Crippen MR) is 82.1 cm³/mol. The van der Waals surface area contributed by atoms with Crippen LogP contribution >= 0.6 is 0 Å². The molecule has 116 valence electrons. The zero-order chi connectivity index (χ0) is 16.1. The van der Waals surface area contributed by atoms with Gasteiger partial charge in [0.1, 0.15) is 5.75 Å². The summed E-state index contributed by atoms with van der Waals surface area (Å²) in [6.07, 6.45) is 0.405. The van der Waals surface area contributed by atoms with Crippen molar-refractivity contribution in [2.45, 2.75) is 26.3 Å². The molecule has 0 fully saturated rings. The Bertz CT molecular complexity index is 737. The molecule has 0 spiro atoms. The van der Waals surface area contributed by atoms with Crippen LogP contribution in [0.15, 0.2) is 35.1 Å². The van der Waals surface area contributed by atoms with Crippen LogP contribution in [0.25, 0.3) is 11.3 Å². The molecular weight excluding hydrogens is 284 g/mol. The number of aliphatic carboxylic acids is 1. The first kappa shape index (κ1) is 15.8. The first-order valence-electron chi connectivity index (χ1n) is 7.03. The first-order valence-corrected chi connectivity index (χ1v) is 7.03. The molecule has 0 saturated heterocycles. The molecule has 1 aromatic carbocycles. The Hall–Kier alpha value is -2.63. The van der Waals surface area contributed by atoms with Gasteiger partial charge in [0.2, 0.25) is 0 Å². The minimum absolute atomic E-state index is 0.219. The highest BCUT2D eigenvalue weighted by Gasteiger charge is 2.14. The molecular formula is C16H18N2O4. The van der Waals surface area contributed by atoms with Gasteiger partial charge in [0, 0.05) is 17.7 Å². The third-order valence-corrected chi connectivity index (χ3v) is 3.21. The number of benzene rings is 1. The molecule has 0 aliphatic carbocycles. The topological polar surface area (TPSA) is 81.4 Å². The number of carboxylic acid groups (broad SMARTS) is 1. The lowest BCUT2D eigenvalue weighted by Crippen LogP contribution is -2.28. The van der Waals surface area contributed by atoms with Crippen LogP contribution in [0.1, 0.15) is 18.9 Å². The molecule has 22 heavy (non-hydrogen) atoms. The van der Waals surface area contributed by atoms with Gasteiger partial charge in [0.15, 0.2) is 0 Å². The number of carbonyl (C=O) groups is 1. The Morgan fingerprint density at radius 1 is 1.36 bits per heavy atom. The third kappa shape index (κ3) is 3.33. The molecule has 6 nitrogen and oxygen atoms in total. The fourth-order valence-corrected chi connectivity index (χ4v) is 2.24. The van der Waals surface area contributed by atoms with Gasteiger partial charge in [-0.05, 0) is 24.6 Å². The first-order chi connectivity index (χ1) is 10.6. The number of hydrogen-bond acceptors (Lipinski definition) is 4. The van der Waals surface area contributed by atoms with E-state index in [9.17, 15) is 9.59 Å². The van der Waals surface area contributed by atoms with Crippen molar-refractivity contribution in [2.24, 2.45) is 0 Å². The van der Waals surface area contributed by atoms with Crippen LogP contribution in [0.5, 0.6) is 5.75 Å². The molecule has 0 aliphatic rings. The van der Waals surface area contributed by atoms with E-state index in [0.717, 1.165) is 12.0 Å². The number of aryl methyl sites for hydroxylation is 1. The molecule has 1 N–H and O–H groups in total. The van der Waals surface area contributed by atoms with E-state index in [0.29, 0.717) is 18.0 Å². The second-order valence-electron chi connectivity index (χ2n) is 4.85. The number of ether oxygens (including phenoxy) is 1. The summed E-state index contributed by atoms with van der Waals surface area (Å²) in [5, 5.41) is 13.3. The molecule has 0 unspecified atom stereocenters. The maximum atomic E-state index is 12.2. The lowest BCUT2D eigenvalue weighted by molar-refractivity contribution is -0.136. The maximum Gasteiger partial charge on any atom is 0.308 e. The second-order valence-corrected chi connectivity index (χ2v) is 4.85. The number of rotatable bonds is 6. The second kappa shape index (κ2) is 6.89. The monoisotopic (exact) mass is 302 g/mol. The third-order valence-electron chi connectivity index (χ3n) is 3.21. The van der Waals surface area contributed by atoms with Crippen LogP contribution in [0, 0.1) is 0 Å². The van der Waals surface area contributed by atoms with Gasteiger partial charge in [0.25, 0.3) is 5.56 Å². The molecule has 0 radical (unpaired) electrons. The highest BCUT2D eigenvalue weighted by molar-refractivity contribution is 5.72. The summed E-state index contributed by atoms with van der Waals surface area (Å²) in [4.78, 5) is 23.2. The maximum absolute atomic E-state index is 12.2. The van der Waals surface area contributed by atoms with Crippen molar-refractivity contribution in [3.8, 4) is 17.0 Å². The zero-order valence-electron chi connectivity index (χ0n) is 12.6. The van der Waals surface area contributed by atoms with Crippen LogP contribution in [-0.4, -0.2) is 28.0 Å². The van der Waals surface area contributed by atoms with Gasteiger partial charge in [-0.2, -0.15) is 5.10 Å². The van der Waals surface area contributed by atoms with Crippen molar-refractivity contribution in [3.05, 3.63) is 46.2 Å². The number of nitrogens with zero attached hydrogens (tertiary/aromatic N) is 2. The van der Waals surface area contributed by atoms with Crippen molar-refractivity contribution in [1.29, 1.82) is 0 Å². The zero-order valence-corrected chi connectivity index (χ0v) is 12.6. The minimum atomic E-state index is -1.04. The molecule has 6 heteroatoms. The quantitative estimate of drug-likeness (QED) is 0.882. The average Bonchev–Trinajstić information content (AvgIpc) is 2.50. The Kier molecular flexibility index (Phi) is 4.93. The largest absolute Gasteiger partial charge is 0.496 e. The van der Waals surface area contributed by atoms with E-state index in [1.165, 1.54) is 10.7 Å². The van der Waals surface area contributed by atoms with E-state index in [4.69, 9.17) is 9.84 Å². The normalized spacial score (nSPS) is 10.5. The lowest BCUT2D eigenvalue weighted by Gasteiger charge is -2.11. The Labute approximate surface area is 128 Å². The average molecular weight is 302 g/mol. The van der Waals surface area contributed by atoms with Gasteiger partial charge in [-0.25, -0.2) is 4.68 Å². The van der Waals surface area contributed by atoms with Crippen LogP contribution in [0.4, 0.5) is 0 Å². The molecule has 0 saturated carbocycles. The molecule has 0 bridgehead atoms. The van der Waals surface area contributed by atoms with Crippen LogP contribution in [-0.2, 0) is 17.8 Å². The fourth-order valence-electron chi connectivity index (χ4n) is 2.24. The van der Waals surface area contributed by atoms with E-state index >= 15 is 0 Å². The van der Waals surface area contributed by atoms with Gasteiger partial charge in [-0.15, -0.1) is 0 Å². The van der Waals surface area contributed by atoms with Gasteiger partial charge in [-0.1, -0.05) is 19.1 Å². The number of para-hydroxylation sites is 1. The highest BCUT2D eigenvalue weighted by Crippen LogP contribution is 2.27. The van der Waals surface area contributed by atoms with Crippen LogP contribution < -0.4 is 10.3 Å². The van der Waals surface area contributed by atoms with Gasteiger partial charge >= 0.3 is 5.97 Å². The summed E-state index contributed by atoms with van der Waals surface area (Å²) in [7, 11) is 1.55. The van der Waals surface area contributed by atoms with Gasteiger partial charge in [-0.3, -0.25) is 9.59 Å². The number of aromatic nitrogens is 2. The Morgan fingerprint density at radius 3 is 2.73 bits per heavy atom. The van der Waals surface area contributed by atoms with E-state index in [2.05, 4.69) is 5.10 Å². The summed E-state index contributed by atoms with van der Waals surface area (Å²) in [6, 6.07) is 8.82. The molecule has 1 aromatic heterocycles.